The fourth-order valence-corrected chi connectivity index (χ4v) is 6.32. The van der Waals surface area contributed by atoms with Gasteiger partial charge < -0.3 is 20.2 Å². The van der Waals surface area contributed by atoms with Gasteiger partial charge in [-0.05, 0) is 69.6 Å². The van der Waals surface area contributed by atoms with E-state index in [0.29, 0.717) is 35.5 Å². The molecule has 0 aromatic carbocycles. The third-order valence-electron chi connectivity index (χ3n) is 8.08. The average molecular weight is 482 g/mol. The van der Waals surface area contributed by atoms with Gasteiger partial charge in [0.1, 0.15) is 0 Å². The van der Waals surface area contributed by atoms with Crippen LogP contribution in [0.25, 0.3) is 0 Å². The number of ether oxygens (including phenoxy) is 2. The van der Waals surface area contributed by atoms with Crippen molar-refractivity contribution in [2.45, 2.75) is 70.1 Å². The van der Waals surface area contributed by atoms with Gasteiger partial charge in [0, 0.05) is 50.1 Å². The van der Waals surface area contributed by atoms with E-state index in [1.54, 1.807) is 7.11 Å². The quantitative estimate of drug-likeness (QED) is 0.643. The lowest BCUT2D eigenvalue weighted by Crippen LogP contribution is -2.46. The molecule has 3 heterocycles. The molecule has 2 aliphatic carbocycles. The lowest BCUT2D eigenvalue weighted by Gasteiger charge is -2.33. The molecule has 1 aromatic rings. The number of aromatic nitrogens is 1. The number of nitrogens with zero attached hydrogens (tertiary/aromatic N) is 3. The van der Waals surface area contributed by atoms with E-state index in [1.807, 2.05) is 6.92 Å². The zero-order valence-corrected chi connectivity index (χ0v) is 20.1. The van der Waals surface area contributed by atoms with Crippen LogP contribution in [0.4, 0.5) is 19.0 Å². The molecular weight excluding hydrogens is 447 g/mol. The first-order valence-electron chi connectivity index (χ1n) is 12.1. The summed E-state index contributed by atoms with van der Waals surface area (Å²) < 4.78 is 48.2. The minimum atomic E-state index is -4.83. The number of allylic oxidation sites excluding steroid dienone is 1. The zero-order valence-electron chi connectivity index (χ0n) is 20.1. The molecule has 4 aliphatic rings. The van der Waals surface area contributed by atoms with Crippen molar-refractivity contribution in [2.75, 3.05) is 25.9 Å². The van der Waals surface area contributed by atoms with E-state index < -0.39 is 17.7 Å². The van der Waals surface area contributed by atoms with Crippen LogP contribution in [0.3, 0.4) is 0 Å². The van der Waals surface area contributed by atoms with Crippen molar-refractivity contribution >= 4 is 5.82 Å². The predicted octanol–water partition coefficient (Wildman–Crippen LogP) is 3.64. The molecular formula is C24H34F3N5O2. The molecule has 0 amide bonds. The number of nitrogens with two attached hydrogens (primary N) is 1. The minimum absolute atomic E-state index is 0.193. The summed E-state index contributed by atoms with van der Waals surface area (Å²) in [6.07, 6.45) is 2.70. The van der Waals surface area contributed by atoms with Crippen LogP contribution < -0.4 is 15.9 Å². The van der Waals surface area contributed by atoms with Crippen molar-refractivity contribution < 1.29 is 22.6 Å². The molecule has 7 nitrogen and oxygen atoms in total. The van der Waals surface area contributed by atoms with Gasteiger partial charge in [-0.1, -0.05) is 0 Å². The number of hydrogen-bond donors (Lipinski definition) is 2. The van der Waals surface area contributed by atoms with Gasteiger partial charge in [-0.15, -0.1) is 13.2 Å². The lowest BCUT2D eigenvalue weighted by molar-refractivity contribution is -0.274. The van der Waals surface area contributed by atoms with Crippen LogP contribution in [-0.2, 0) is 10.3 Å². The Morgan fingerprint density at radius 3 is 2.56 bits per heavy atom. The Kier molecular flexibility index (Phi) is 5.76. The topological polar surface area (TPSA) is 75.9 Å². The first kappa shape index (κ1) is 23.7. The summed E-state index contributed by atoms with van der Waals surface area (Å²) in [7, 11) is 1.79. The Hall–Kier alpha value is -2.04. The van der Waals surface area contributed by atoms with Crippen molar-refractivity contribution in [3.05, 3.63) is 29.6 Å². The maximum Gasteiger partial charge on any atom is 0.573 e. The second-order valence-corrected chi connectivity index (χ2v) is 10.6. The third-order valence-corrected chi connectivity index (χ3v) is 8.08. The maximum absolute atomic E-state index is 12.8. The average Bonchev–Trinajstić information content (AvgIpc) is 3.19. The Balaban J connectivity index is 1.34. The molecule has 0 spiro atoms. The highest BCUT2D eigenvalue weighted by molar-refractivity contribution is 5.50. The van der Waals surface area contributed by atoms with E-state index in [2.05, 4.69) is 45.0 Å². The number of hydrogen-bond acceptors (Lipinski definition) is 7. The smallest absolute Gasteiger partial charge is 0.402 e. The second kappa shape index (κ2) is 8.27. The third kappa shape index (κ3) is 4.24. The molecule has 3 unspecified atom stereocenters. The number of alkyl halides is 3. The molecule has 10 heteroatoms. The van der Waals surface area contributed by atoms with Crippen LogP contribution in [0.5, 0.6) is 5.75 Å². The highest BCUT2D eigenvalue weighted by atomic mass is 19.4. The summed E-state index contributed by atoms with van der Waals surface area (Å²) in [4.78, 5) is 6.57. The fourth-order valence-electron chi connectivity index (χ4n) is 6.32. The van der Waals surface area contributed by atoms with E-state index in [-0.39, 0.29) is 11.9 Å². The van der Waals surface area contributed by atoms with E-state index in [4.69, 9.17) is 10.5 Å². The van der Waals surface area contributed by atoms with Gasteiger partial charge in [-0.3, -0.25) is 4.90 Å². The number of rotatable bonds is 6. The molecule has 6 atom stereocenters. The van der Waals surface area contributed by atoms with Gasteiger partial charge in [0.2, 0.25) is 0 Å². The van der Waals surface area contributed by atoms with E-state index in [9.17, 15) is 13.2 Å². The van der Waals surface area contributed by atoms with Gasteiger partial charge >= 0.3 is 6.36 Å². The van der Waals surface area contributed by atoms with Crippen molar-refractivity contribution in [2.24, 2.45) is 17.8 Å². The summed E-state index contributed by atoms with van der Waals surface area (Å²) >= 11 is 0. The first-order valence-corrected chi connectivity index (χ1v) is 12.1. The van der Waals surface area contributed by atoms with Gasteiger partial charge in [-0.2, -0.15) is 0 Å². The zero-order chi connectivity index (χ0) is 24.4. The molecule has 34 heavy (non-hydrogen) atoms. The number of hydrazine groups is 1. The van der Waals surface area contributed by atoms with Crippen LogP contribution >= 0.6 is 0 Å². The van der Waals surface area contributed by atoms with E-state index in [1.165, 1.54) is 30.8 Å². The van der Waals surface area contributed by atoms with Crippen molar-refractivity contribution in [3.8, 4) is 5.75 Å². The Morgan fingerprint density at radius 1 is 1.26 bits per heavy atom. The lowest BCUT2D eigenvalue weighted by atomic mass is 9.92. The summed E-state index contributed by atoms with van der Waals surface area (Å²) in [5.74, 6) is 1.01. The van der Waals surface area contributed by atoms with Crippen molar-refractivity contribution in [3.63, 3.8) is 0 Å². The number of fused-ring (bicyclic) bond motifs is 1. The van der Waals surface area contributed by atoms with E-state index in [0.717, 1.165) is 19.5 Å². The molecule has 2 saturated carbocycles. The monoisotopic (exact) mass is 481 g/mol. The van der Waals surface area contributed by atoms with Crippen molar-refractivity contribution in [1.29, 1.82) is 0 Å². The van der Waals surface area contributed by atoms with Crippen LogP contribution in [0.1, 0.15) is 45.6 Å². The number of halogens is 3. The number of nitrogens with one attached hydrogen (secondary N) is 1. The molecule has 1 saturated heterocycles. The standard InChI is InChI=1S/C24H34F3N5O2/c1-13(2)32-19(21-17-8-15(9-18(17)21)31-6-5-16(12-31)33-4)10-23(3,30-32)14-7-20(22(28)29-11-14)34-24(25,26)27/h7,10-11,13,15-18,21,30H,5-6,8-9,12H2,1-4H3,(H2,28,29)/t15?,16-,17-,18+,21?,23?/m0/s1. The van der Waals surface area contributed by atoms with Crippen LogP contribution in [0, 0.1) is 17.8 Å². The van der Waals surface area contributed by atoms with Crippen molar-refractivity contribution in [1.82, 2.24) is 20.3 Å². The maximum atomic E-state index is 12.8. The van der Waals surface area contributed by atoms with Gasteiger partial charge in [0.05, 0.1) is 11.6 Å². The molecule has 3 fully saturated rings. The molecule has 0 bridgehead atoms. The second-order valence-electron chi connectivity index (χ2n) is 10.6. The molecule has 2 aliphatic heterocycles. The van der Waals surface area contributed by atoms with E-state index >= 15 is 0 Å². The summed E-state index contributed by atoms with van der Waals surface area (Å²) in [5.41, 5.74) is 10.3. The number of likely N-dealkylation sites (tertiary alicyclic amines) is 1. The first-order chi connectivity index (χ1) is 16.0. The van der Waals surface area contributed by atoms with Crippen LogP contribution in [-0.4, -0.2) is 59.6 Å². The summed E-state index contributed by atoms with van der Waals surface area (Å²) in [6, 6.07) is 2.16. The Morgan fingerprint density at radius 2 is 1.97 bits per heavy atom. The molecule has 188 valence electrons. The number of methoxy groups -OCH3 is 1. The molecule has 1 aromatic heterocycles. The number of pyridine rings is 1. The minimum Gasteiger partial charge on any atom is -0.402 e. The Bertz CT molecular complexity index is 958. The number of anilines is 1. The van der Waals surface area contributed by atoms with Crippen LogP contribution in [0.2, 0.25) is 0 Å². The van der Waals surface area contributed by atoms with Gasteiger partial charge in [-0.25, -0.2) is 10.4 Å². The molecule has 5 rings (SSSR count). The predicted molar refractivity (Wildman–Crippen MR) is 121 cm³/mol. The summed E-state index contributed by atoms with van der Waals surface area (Å²) in [6.45, 7) is 8.32. The highest BCUT2D eigenvalue weighted by Gasteiger charge is 2.61. The molecule has 0 radical (unpaired) electrons. The van der Waals surface area contributed by atoms with Gasteiger partial charge in [0.25, 0.3) is 0 Å². The Labute approximate surface area is 198 Å². The number of nitrogen functional groups attached to an aromatic ring is 1. The highest BCUT2D eigenvalue weighted by Crippen LogP contribution is 2.63. The normalized spacial score (nSPS) is 35.7. The molecule has 3 N–H and O–H groups in total. The fraction of sp³-hybridized carbons (Fsp3) is 0.708. The SMILES string of the molecule is CO[C@H]1CCN(C2C[C@@H]3C(C4=CC(C)(c5cnc(N)c(OC(F)(F)F)c5)NN4C(C)C)[C@@H]3C2)C1. The summed E-state index contributed by atoms with van der Waals surface area (Å²) in [5, 5.41) is 2.18. The van der Waals surface area contributed by atoms with Gasteiger partial charge in [0.15, 0.2) is 11.6 Å². The largest absolute Gasteiger partial charge is 0.573 e. The van der Waals surface area contributed by atoms with Crippen LogP contribution in [0.15, 0.2) is 24.0 Å².